The Labute approximate surface area is 525 Å². The van der Waals surface area contributed by atoms with E-state index in [0.29, 0.717) is 192 Å². The molecule has 24 heteroatoms. The zero-order valence-electron chi connectivity index (χ0n) is 50.3. The molecule has 21 nitrogen and oxygen atoms in total. The quantitative estimate of drug-likeness (QED) is 0.0197. The van der Waals surface area contributed by atoms with Gasteiger partial charge in [0.2, 0.25) is 0 Å². The van der Waals surface area contributed by atoms with E-state index in [1.807, 2.05) is 146 Å². The Morgan fingerprint density at radius 2 is 0.411 bits per heavy atom. The number of para-hydroxylation sites is 6. The Bertz CT molecular complexity index is 2920. The summed E-state index contributed by atoms with van der Waals surface area (Å²) in [7, 11) is -13.4. The van der Waals surface area contributed by atoms with E-state index >= 15 is 0 Å². The smallest absolute Gasteiger partial charge is 0.413 e. The molecule has 480 valence electrons. The van der Waals surface area contributed by atoms with Gasteiger partial charge in [-0.2, -0.15) is 0 Å². The first kappa shape index (κ1) is 63.1. The molecule has 0 N–H and O–H groups in total. The van der Waals surface area contributed by atoms with E-state index < -0.39 is 23.0 Å². The molecular weight excluding hydrogens is 1220 g/mol. The van der Waals surface area contributed by atoms with Crippen molar-refractivity contribution in [2.75, 3.05) is 119 Å². The second-order valence-corrected chi connectivity index (χ2v) is 28.8. The first-order valence-electron chi connectivity index (χ1n) is 31.1. The molecule has 13 rings (SSSR count). The normalized spacial score (nSPS) is 25.6. The summed E-state index contributed by atoms with van der Waals surface area (Å²) in [6, 6.07) is 46.5. The number of rotatable bonds is 42. The van der Waals surface area contributed by atoms with E-state index in [-0.39, 0.29) is 36.6 Å². The summed E-state index contributed by atoms with van der Waals surface area (Å²) in [5, 5.41) is 0. The highest BCUT2D eigenvalue weighted by Gasteiger charge is 2.50. The number of hydrogen-bond donors (Lipinski definition) is 0. The molecule has 90 heavy (non-hydrogen) atoms. The Balaban J connectivity index is 1.02. The van der Waals surface area contributed by atoms with Crippen LogP contribution in [-0.4, -0.2) is 156 Å². The predicted octanol–water partition coefficient (Wildman–Crippen LogP) is 12.1. The summed E-state index contributed by atoms with van der Waals surface area (Å²) in [5.74, 6) is 2.57. The zero-order chi connectivity index (χ0) is 60.7. The van der Waals surface area contributed by atoms with Crippen molar-refractivity contribution in [2.24, 2.45) is 13.5 Å². The average Bonchev–Trinajstić information content (AvgIpc) is 1.57. The first-order chi connectivity index (χ1) is 44.4. The van der Waals surface area contributed by atoms with E-state index in [1.165, 1.54) is 0 Å². The molecule has 6 fully saturated rings. The van der Waals surface area contributed by atoms with E-state index in [1.54, 1.807) is 0 Å². The number of ether oxygens (including phenoxy) is 12. The Kier molecular flexibility index (Phi) is 21.6. The van der Waals surface area contributed by atoms with Crippen LogP contribution in [0, 0.1) is 0 Å². The zero-order valence-corrected chi connectivity index (χ0v) is 53.0. The van der Waals surface area contributed by atoms with Gasteiger partial charge in [-0.3, -0.25) is 0 Å². The van der Waals surface area contributed by atoms with Gasteiger partial charge in [0.25, 0.3) is 0 Å². The third kappa shape index (κ3) is 19.2. The van der Waals surface area contributed by atoms with Gasteiger partial charge >= 0.3 is 23.0 Å². The third-order valence-electron chi connectivity index (χ3n) is 15.1. The summed E-state index contributed by atoms with van der Waals surface area (Å²) >= 11 is 0. The predicted molar refractivity (Wildman–Crippen MR) is 336 cm³/mol. The van der Waals surface area contributed by atoms with E-state index in [9.17, 15) is 0 Å². The van der Waals surface area contributed by atoms with Gasteiger partial charge in [0.05, 0.1) is 119 Å². The van der Waals surface area contributed by atoms with Crippen LogP contribution in [0.15, 0.2) is 159 Å². The molecule has 6 unspecified atom stereocenters. The van der Waals surface area contributed by atoms with Gasteiger partial charge in [-0.25, -0.2) is 0 Å². The summed E-state index contributed by atoms with van der Waals surface area (Å²) in [6.45, 7) is 9.17. The molecule has 0 radical (unpaired) electrons. The molecule has 0 aromatic heterocycles. The van der Waals surface area contributed by atoms with Crippen LogP contribution in [0.2, 0.25) is 0 Å². The minimum absolute atomic E-state index is 0.0827. The van der Waals surface area contributed by atoms with E-state index in [0.717, 1.165) is 33.4 Å². The lowest BCUT2D eigenvalue weighted by Crippen LogP contribution is -2.14. The van der Waals surface area contributed by atoms with Gasteiger partial charge in [0.15, 0.2) is 0 Å². The van der Waals surface area contributed by atoms with Crippen molar-refractivity contribution in [1.82, 2.24) is 0 Å². The molecule has 6 aromatic carbocycles. The molecule has 6 aromatic rings. The largest absolute Gasteiger partial charge is 0.460 e. The monoisotopic (exact) mass is 1290 g/mol. The molecular formula is C66H78N3O18P3. The molecule has 7 aliphatic rings. The molecule has 0 amide bonds. The number of hydrogen-bond acceptors (Lipinski definition) is 21. The molecule has 0 saturated carbocycles. The molecule has 0 aliphatic carbocycles. The lowest BCUT2D eigenvalue weighted by Gasteiger charge is -2.34. The lowest BCUT2D eigenvalue weighted by molar-refractivity contribution is 0.119. The van der Waals surface area contributed by atoms with Crippen molar-refractivity contribution in [2.45, 2.75) is 75.1 Å². The van der Waals surface area contributed by atoms with Gasteiger partial charge in [0.1, 0.15) is 71.1 Å². The first-order valence-corrected chi connectivity index (χ1v) is 35.7. The maximum atomic E-state index is 7.68. The van der Waals surface area contributed by atoms with Crippen LogP contribution in [0.3, 0.4) is 0 Å². The summed E-state index contributed by atoms with van der Waals surface area (Å²) in [4.78, 5) is 0. The Hall–Kier alpha value is -5.67. The maximum Gasteiger partial charge on any atom is 0.460 e. The Morgan fingerprint density at radius 3 is 0.567 bits per heavy atom. The van der Waals surface area contributed by atoms with Crippen LogP contribution in [0.4, 0.5) is 0 Å². The standard InChI is InChI=1S/C66H78N3O18P3/c1-7-19-61(49(13-1)25-31-70-37-55-43-76-55)82-88(83-62-20-8-2-14-50(62)26-32-71-38-56-44-77-56)67-89(84-63-21-9-3-15-51(63)27-33-72-39-57-45-78-57,85-64-22-10-4-16-52(64)28-34-73-40-58-46-79-58)69-90(68-88,86-65-23-11-5-17-53(65)29-35-74-41-59-47-80-59)87-66-24-12-6-18-54(66)30-36-75-42-60-48-81-60/h1-24,55-60H,25-48H2. The van der Waals surface area contributed by atoms with Crippen molar-refractivity contribution in [1.29, 1.82) is 0 Å². The van der Waals surface area contributed by atoms with E-state index in [2.05, 4.69) is 0 Å². The molecule has 7 heterocycles. The highest BCUT2D eigenvalue weighted by atomic mass is 31.3. The third-order valence-corrected chi connectivity index (χ3v) is 23.2. The van der Waals surface area contributed by atoms with Crippen LogP contribution in [0.25, 0.3) is 0 Å². The van der Waals surface area contributed by atoms with Crippen LogP contribution in [0.5, 0.6) is 34.5 Å². The van der Waals surface area contributed by atoms with Crippen molar-refractivity contribution in [3.63, 3.8) is 0 Å². The highest BCUT2D eigenvalue weighted by molar-refractivity contribution is 7.79. The number of epoxide rings is 6. The van der Waals surface area contributed by atoms with Crippen molar-refractivity contribution in [3.8, 4) is 34.5 Å². The minimum Gasteiger partial charge on any atom is -0.413 e. The van der Waals surface area contributed by atoms with E-state index in [4.69, 9.17) is 97.5 Å². The summed E-state index contributed by atoms with van der Waals surface area (Å²) < 4.78 is 133. The van der Waals surface area contributed by atoms with Crippen LogP contribution < -0.4 is 27.1 Å². The van der Waals surface area contributed by atoms with Crippen molar-refractivity contribution < 1.29 is 84.0 Å². The second-order valence-electron chi connectivity index (χ2n) is 22.6. The van der Waals surface area contributed by atoms with Gasteiger partial charge in [-0.1, -0.05) is 123 Å². The molecule has 7 aliphatic heterocycles. The maximum absolute atomic E-state index is 7.68. The lowest BCUT2D eigenvalue weighted by atomic mass is 10.1. The van der Waals surface area contributed by atoms with Crippen LogP contribution >= 0.6 is 23.0 Å². The molecule has 0 spiro atoms. The minimum atomic E-state index is -4.47. The van der Waals surface area contributed by atoms with Gasteiger partial charge < -0.3 is 84.0 Å². The highest BCUT2D eigenvalue weighted by Crippen LogP contribution is 2.79. The average molecular weight is 1290 g/mol. The fraction of sp³-hybridized carbons (Fsp3) is 0.455. The molecule has 6 atom stereocenters. The summed E-state index contributed by atoms with van der Waals surface area (Å²) in [6.07, 6.45) is 3.26. The van der Waals surface area contributed by atoms with Crippen molar-refractivity contribution in [3.05, 3.63) is 179 Å². The second kappa shape index (κ2) is 30.8. The SMILES string of the molecule is c1ccc(OP2(Oc3ccccc3CCOCC3CO3)=NP(Oc3ccccc3CCOCC3CO3)(Oc3ccccc3CCOCC3CO3)=NP(Oc3ccccc3CCOCC3CO3)(Oc3ccccc3CCOCC3CO3)=N2)c(CCOCC2CO2)c1. The fourth-order valence-electron chi connectivity index (χ4n) is 9.69. The van der Waals surface area contributed by atoms with Gasteiger partial charge in [-0.05, 0) is 108 Å². The number of benzene rings is 6. The van der Waals surface area contributed by atoms with Crippen LogP contribution in [0.1, 0.15) is 33.4 Å². The molecule has 6 saturated heterocycles. The van der Waals surface area contributed by atoms with Gasteiger partial charge in [-0.15, -0.1) is 0 Å². The van der Waals surface area contributed by atoms with Gasteiger partial charge in [0, 0.05) is 0 Å². The van der Waals surface area contributed by atoms with Crippen molar-refractivity contribution >= 4 is 23.0 Å². The number of nitrogens with zero attached hydrogens (tertiary/aromatic N) is 3. The van der Waals surface area contributed by atoms with Crippen LogP contribution in [-0.2, 0) is 95.4 Å². The Morgan fingerprint density at radius 1 is 0.256 bits per heavy atom. The fourth-order valence-corrected chi connectivity index (χ4v) is 19.0. The molecule has 0 bridgehead atoms. The summed E-state index contributed by atoms with van der Waals surface area (Å²) in [5.41, 5.74) is 4.82. The topological polar surface area (TPSA) is 223 Å².